The number of aromatic nitrogens is 2. The minimum Gasteiger partial charge on any atom is -0.324 e. The van der Waals surface area contributed by atoms with Crippen molar-refractivity contribution in [1.82, 2.24) is 15.2 Å². The van der Waals surface area contributed by atoms with E-state index in [1.807, 2.05) is 49.2 Å². The quantitative estimate of drug-likeness (QED) is 0.302. The third-order valence-electron chi connectivity index (χ3n) is 4.81. The van der Waals surface area contributed by atoms with Crippen LogP contribution in [0.3, 0.4) is 0 Å². The van der Waals surface area contributed by atoms with Crippen LogP contribution in [0.25, 0.3) is 10.8 Å². The lowest BCUT2D eigenvalue weighted by molar-refractivity contribution is 0.440. The number of guanidine groups is 1. The number of hydrazone groups is 1. The van der Waals surface area contributed by atoms with Crippen molar-refractivity contribution >= 4 is 55.7 Å². The molecule has 0 fully saturated rings. The Hall–Kier alpha value is -3.23. The van der Waals surface area contributed by atoms with Crippen LogP contribution in [0, 0.1) is 6.92 Å². The lowest BCUT2D eigenvalue weighted by Crippen LogP contribution is -2.32. The zero-order chi connectivity index (χ0) is 21.2. The van der Waals surface area contributed by atoms with E-state index in [9.17, 15) is 0 Å². The zero-order valence-corrected chi connectivity index (χ0v) is 18.7. The number of nitrogens with one attached hydrogen (secondary N) is 1. The van der Waals surface area contributed by atoms with Crippen LogP contribution in [0.4, 0.5) is 10.8 Å². The SMILES string of the molecule is CC1=NN(C(=Nc2nnc(C)s2)Nc2ccccc2)[C@H](c2cccc3ccccc23)S1. The molecule has 0 spiro atoms. The first-order valence-electron chi connectivity index (χ1n) is 9.87. The van der Waals surface area contributed by atoms with E-state index in [0.717, 1.165) is 15.7 Å². The summed E-state index contributed by atoms with van der Waals surface area (Å²) in [5.41, 5.74) is 2.13. The van der Waals surface area contributed by atoms with Crippen molar-refractivity contribution in [3.63, 3.8) is 0 Å². The van der Waals surface area contributed by atoms with Crippen LogP contribution in [0.2, 0.25) is 0 Å². The Morgan fingerprint density at radius 2 is 1.71 bits per heavy atom. The maximum Gasteiger partial charge on any atom is 0.234 e. The molecule has 0 saturated heterocycles. The summed E-state index contributed by atoms with van der Waals surface area (Å²) < 4.78 is 0. The fraction of sp³-hybridized carbons (Fsp3) is 0.130. The van der Waals surface area contributed by atoms with Crippen molar-refractivity contribution in [2.45, 2.75) is 19.2 Å². The fourth-order valence-electron chi connectivity index (χ4n) is 3.47. The second kappa shape index (κ2) is 8.49. The van der Waals surface area contributed by atoms with E-state index in [1.165, 1.54) is 27.7 Å². The number of aliphatic imine (C=N–C) groups is 1. The van der Waals surface area contributed by atoms with Crippen LogP contribution in [0.5, 0.6) is 0 Å². The van der Waals surface area contributed by atoms with Crippen molar-refractivity contribution < 1.29 is 0 Å². The van der Waals surface area contributed by atoms with E-state index in [-0.39, 0.29) is 5.37 Å². The normalized spacial score (nSPS) is 16.6. The molecule has 1 aliphatic rings. The molecule has 0 radical (unpaired) electrons. The van der Waals surface area contributed by atoms with Gasteiger partial charge in [-0.2, -0.15) is 10.1 Å². The second-order valence-corrected chi connectivity index (χ2v) is 9.47. The molecule has 0 bridgehead atoms. The zero-order valence-electron chi connectivity index (χ0n) is 17.1. The van der Waals surface area contributed by atoms with Crippen molar-refractivity contribution in [2.24, 2.45) is 10.1 Å². The van der Waals surface area contributed by atoms with Crippen LogP contribution in [-0.2, 0) is 0 Å². The summed E-state index contributed by atoms with van der Waals surface area (Å²) in [7, 11) is 0. The molecule has 0 saturated carbocycles. The highest BCUT2D eigenvalue weighted by Crippen LogP contribution is 2.42. The molecular weight excluding hydrogens is 424 g/mol. The maximum absolute atomic E-state index is 4.83. The largest absolute Gasteiger partial charge is 0.324 e. The minimum atomic E-state index is -0.0462. The van der Waals surface area contributed by atoms with E-state index in [2.05, 4.69) is 58.0 Å². The van der Waals surface area contributed by atoms with Crippen LogP contribution in [-0.4, -0.2) is 26.2 Å². The highest BCUT2D eigenvalue weighted by Gasteiger charge is 2.32. The molecule has 154 valence electrons. The van der Waals surface area contributed by atoms with Crippen LogP contribution in [0.1, 0.15) is 22.9 Å². The Morgan fingerprint density at radius 1 is 0.935 bits per heavy atom. The molecule has 4 aromatic rings. The number of anilines is 1. The van der Waals surface area contributed by atoms with Gasteiger partial charge in [-0.1, -0.05) is 83.8 Å². The summed E-state index contributed by atoms with van der Waals surface area (Å²) in [6, 6.07) is 24.8. The third kappa shape index (κ3) is 4.17. The first kappa shape index (κ1) is 19.7. The molecule has 1 atom stereocenters. The number of benzene rings is 3. The first-order valence-corrected chi connectivity index (χ1v) is 11.6. The van der Waals surface area contributed by atoms with Crippen molar-refractivity contribution in [2.75, 3.05) is 5.32 Å². The van der Waals surface area contributed by atoms with Crippen LogP contribution >= 0.6 is 23.1 Å². The Labute approximate surface area is 188 Å². The van der Waals surface area contributed by atoms with Gasteiger partial charge in [0.25, 0.3) is 0 Å². The van der Waals surface area contributed by atoms with Crippen molar-refractivity contribution in [1.29, 1.82) is 0 Å². The molecule has 0 amide bonds. The predicted molar refractivity (Wildman–Crippen MR) is 131 cm³/mol. The number of hydrogen-bond acceptors (Lipinski definition) is 6. The summed E-state index contributed by atoms with van der Waals surface area (Å²) in [4.78, 5) is 4.80. The molecular formula is C23H20N6S2. The summed E-state index contributed by atoms with van der Waals surface area (Å²) in [6.45, 7) is 3.95. The average Bonchev–Trinajstić information content (AvgIpc) is 3.38. The summed E-state index contributed by atoms with van der Waals surface area (Å²) in [5.74, 6) is 0.615. The molecule has 0 unspecified atom stereocenters. The van der Waals surface area contributed by atoms with E-state index in [4.69, 9.17) is 10.1 Å². The van der Waals surface area contributed by atoms with E-state index < -0.39 is 0 Å². The van der Waals surface area contributed by atoms with Crippen LogP contribution < -0.4 is 5.32 Å². The molecule has 5 rings (SSSR count). The van der Waals surface area contributed by atoms with Crippen molar-refractivity contribution in [3.8, 4) is 0 Å². The van der Waals surface area contributed by atoms with Gasteiger partial charge in [-0.25, -0.2) is 5.01 Å². The number of hydrogen-bond donors (Lipinski definition) is 1. The van der Waals surface area contributed by atoms with Gasteiger partial charge in [-0.05, 0) is 42.3 Å². The smallest absolute Gasteiger partial charge is 0.234 e. The number of aryl methyl sites for hydroxylation is 1. The van der Waals surface area contributed by atoms with Gasteiger partial charge < -0.3 is 5.32 Å². The summed E-state index contributed by atoms with van der Waals surface area (Å²) in [5, 5.41) is 23.3. The van der Waals surface area contributed by atoms with E-state index in [0.29, 0.717) is 11.1 Å². The van der Waals surface area contributed by atoms with Gasteiger partial charge in [0.05, 0.1) is 5.04 Å². The van der Waals surface area contributed by atoms with Crippen LogP contribution in [0.15, 0.2) is 82.9 Å². The molecule has 8 heteroatoms. The number of nitrogens with zero attached hydrogens (tertiary/aromatic N) is 5. The topological polar surface area (TPSA) is 65.8 Å². The maximum atomic E-state index is 4.83. The molecule has 0 aliphatic carbocycles. The van der Waals surface area contributed by atoms with Gasteiger partial charge in [0.1, 0.15) is 10.4 Å². The second-order valence-electron chi connectivity index (χ2n) is 7.03. The van der Waals surface area contributed by atoms with E-state index in [1.54, 1.807) is 11.8 Å². The first-order chi connectivity index (χ1) is 15.2. The molecule has 1 N–H and O–H groups in total. The fourth-order valence-corrected chi connectivity index (χ4v) is 5.06. The van der Waals surface area contributed by atoms with Gasteiger partial charge >= 0.3 is 0 Å². The monoisotopic (exact) mass is 444 g/mol. The number of fused-ring (bicyclic) bond motifs is 1. The molecule has 1 aliphatic heterocycles. The highest BCUT2D eigenvalue weighted by atomic mass is 32.2. The number of thioether (sulfide) groups is 1. The van der Waals surface area contributed by atoms with Crippen molar-refractivity contribution in [3.05, 3.63) is 83.4 Å². The molecule has 31 heavy (non-hydrogen) atoms. The Kier molecular flexibility index (Phi) is 5.40. The lowest BCUT2D eigenvalue weighted by atomic mass is 10.0. The average molecular weight is 445 g/mol. The lowest BCUT2D eigenvalue weighted by Gasteiger charge is -2.25. The number of rotatable bonds is 3. The van der Waals surface area contributed by atoms with Gasteiger partial charge in [0, 0.05) is 5.69 Å². The molecule has 2 heterocycles. The Balaban J connectivity index is 1.60. The van der Waals surface area contributed by atoms with Gasteiger partial charge in [0.2, 0.25) is 11.1 Å². The predicted octanol–water partition coefficient (Wildman–Crippen LogP) is 6.18. The molecule has 1 aromatic heterocycles. The number of para-hydroxylation sites is 1. The van der Waals surface area contributed by atoms with Gasteiger partial charge in [0.15, 0.2) is 0 Å². The van der Waals surface area contributed by atoms with Gasteiger partial charge in [-0.15, -0.1) is 10.2 Å². The standard InChI is InChI=1S/C23H20N6S2/c1-15-26-27-23(31-15)25-22(24-18-11-4-3-5-12-18)29-21(30-16(2)28-29)20-14-8-10-17-9-6-7-13-19(17)20/h3-14,21H,1-2H3,(H,24,25,27)/t21-/m0/s1. The van der Waals surface area contributed by atoms with Gasteiger partial charge in [-0.3, -0.25) is 0 Å². The van der Waals surface area contributed by atoms with E-state index >= 15 is 0 Å². The Morgan fingerprint density at radius 3 is 2.52 bits per heavy atom. The highest BCUT2D eigenvalue weighted by molar-refractivity contribution is 8.14. The third-order valence-corrected chi connectivity index (χ3v) is 6.64. The minimum absolute atomic E-state index is 0.0462. The summed E-state index contributed by atoms with van der Waals surface area (Å²) in [6.07, 6.45) is 0. The summed E-state index contributed by atoms with van der Waals surface area (Å²) >= 11 is 3.17. The molecule has 3 aromatic carbocycles. The Bertz CT molecular complexity index is 1280. The molecule has 6 nitrogen and oxygen atoms in total.